The molecular formula is C15H20N4O. The normalized spacial score (nSPS) is 12.2. The number of ether oxygens (including phenoxy) is 1. The number of hydrogen-bond donors (Lipinski definition) is 2. The van der Waals surface area contributed by atoms with Crippen molar-refractivity contribution in [3.05, 3.63) is 52.6 Å². The molecule has 1 aromatic heterocycles. The second kappa shape index (κ2) is 5.98. The minimum absolute atomic E-state index is 0.251. The topological polar surface area (TPSA) is 73.1 Å². The van der Waals surface area contributed by atoms with Gasteiger partial charge in [0.15, 0.2) is 0 Å². The fourth-order valence-corrected chi connectivity index (χ4v) is 2.35. The number of benzene rings is 1. The van der Waals surface area contributed by atoms with Gasteiger partial charge in [0.05, 0.1) is 30.7 Å². The number of aromatic nitrogens is 2. The third kappa shape index (κ3) is 2.79. The van der Waals surface area contributed by atoms with Crippen molar-refractivity contribution in [2.45, 2.75) is 26.8 Å². The Morgan fingerprint density at radius 2 is 1.90 bits per heavy atom. The van der Waals surface area contributed by atoms with Gasteiger partial charge in [0.2, 0.25) is 0 Å². The Hall–Kier alpha value is -1.98. The second-order valence-electron chi connectivity index (χ2n) is 4.88. The van der Waals surface area contributed by atoms with Crippen LogP contribution in [0.1, 0.15) is 34.1 Å². The summed E-state index contributed by atoms with van der Waals surface area (Å²) in [4.78, 5) is 8.68. The summed E-state index contributed by atoms with van der Waals surface area (Å²) in [5, 5.41) is 0. The zero-order valence-corrected chi connectivity index (χ0v) is 12.3. The number of rotatable bonds is 4. The summed E-state index contributed by atoms with van der Waals surface area (Å²) in [6.45, 7) is 5.98. The van der Waals surface area contributed by atoms with Crippen LogP contribution in [0.15, 0.2) is 24.5 Å². The van der Waals surface area contributed by atoms with Gasteiger partial charge < -0.3 is 4.74 Å². The zero-order valence-electron chi connectivity index (χ0n) is 12.3. The Balaban J connectivity index is 2.54. The summed E-state index contributed by atoms with van der Waals surface area (Å²) in [6.07, 6.45) is 3.47. The van der Waals surface area contributed by atoms with E-state index in [0.29, 0.717) is 0 Å². The molecule has 0 saturated heterocycles. The lowest BCUT2D eigenvalue weighted by Gasteiger charge is -2.21. The number of nitrogens with two attached hydrogens (primary N) is 1. The molecule has 2 rings (SSSR count). The molecule has 0 aliphatic rings. The average molecular weight is 272 g/mol. The highest BCUT2D eigenvalue weighted by molar-refractivity contribution is 5.47. The molecule has 2 aromatic rings. The molecule has 0 saturated carbocycles. The fraction of sp³-hybridized carbons (Fsp3) is 0.333. The van der Waals surface area contributed by atoms with E-state index in [0.717, 1.165) is 33.8 Å². The predicted octanol–water partition coefficient (Wildman–Crippen LogP) is 1.96. The highest BCUT2D eigenvalue weighted by Crippen LogP contribution is 2.32. The van der Waals surface area contributed by atoms with Crippen molar-refractivity contribution >= 4 is 0 Å². The lowest BCUT2D eigenvalue weighted by atomic mass is 9.96. The summed E-state index contributed by atoms with van der Waals surface area (Å²) >= 11 is 0. The quantitative estimate of drug-likeness (QED) is 0.657. The largest absolute Gasteiger partial charge is 0.496 e. The van der Waals surface area contributed by atoms with Crippen LogP contribution < -0.4 is 16.0 Å². The van der Waals surface area contributed by atoms with Crippen LogP contribution in [0.3, 0.4) is 0 Å². The van der Waals surface area contributed by atoms with E-state index in [1.807, 2.05) is 26.8 Å². The molecule has 0 spiro atoms. The van der Waals surface area contributed by atoms with Crippen molar-refractivity contribution in [1.29, 1.82) is 0 Å². The maximum Gasteiger partial charge on any atom is 0.124 e. The monoisotopic (exact) mass is 272 g/mol. The highest BCUT2D eigenvalue weighted by Gasteiger charge is 2.21. The van der Waals surface area contributed by atoms with Crippen molar-refractivity contribution < 1.29 is 4.74 Å². The molecule has 5 nitrogen and oxygen atoms in total. The summed E-state index contributed by atoms with van der Waals surface area (Å²) in [6, 6.07) is 3.84. The standard InChI is InChI=1S/C15H20N4O/c1-9-5-10(2)14(13(6-9)20-4)15(19-16)12-8-17-11(3)7-18-12/h5-8,15,19H,16H2,1-4H3. The summed E-state index contributed by atoms with van der Waals surface area (Å²) in [5.74, 6) is 6.53. The molecule has 0 radical (unpaired) electrons. The molecule has 1 heterocycles. The predicted molar refractivity (Wildman–Crippen MR) is 78.4 cm³/mol. The molecule has 0 amide bonds. The number of aryl methyl sites for hydroxylation is 3. The average Bonchev–Trinajstić information content (AvgIpc) is 2.43. The molecular weight excluding hydrogens is 252 g/mol. The van der Waals surface area contributed by atoms with Crippen LogP contribution >= 0.6 is 0 Å². The minimum Gasteiger partial charge on any atom is -0.496 e. The van der Waals surface area contributed by atoms with Gasteiger partial charge >= 0.3 is 0 Å². The Morgan fingerprint density at radius 3 is 2.45 bits per heavy atom. The number of nitrogens with one attached hydrogen (secondary N) is 1. The van der Waals surface area contributed by atoms with Crippen molar-refractivity contribution in [2.75, 3.05) is 7.11 Å². The third-order valence-corrected chi connectivity index (χ3v) is 3.27. The number of nitrogens with zero attached hydrogens (tertiary/aromatic N) is 2. The molecule has 1 unspecified atom stereocenters. The van der Waals surface area contributed by atoms with Gasteiger partial charge in [-0.25, -0.2) is 5.43 Å². The van der Waals surface area contributed by atoms with E-state index in [1.54, 1.807) is 19.5 Å². The first-order valence-electron chi connectivity index (χ1n) is 6.46. The van der Waals surface area contributed by atoms with E-state index < -0.39 is 0 Å². The van der Waals surface area contributed by atoms with Crippen molar-refractivity contribution in [3.63, 3.8) is 0 Å². The van der Waals surface area contributed by atoms with Crippen LogP contribution in [-0.2, 0) is 0 Å². The van der Waals surface area contributed by atoms with Gasteiger partial charge in [0.1, 0.15) is 5.75 Å². The first-order valence-corrected chi connectivity index (χ1v) is 6.46. The van der Waals surface area contributed by atoms with Gasteiger partial charge in [0.25, 0.3) is 0 Å². The molecule has 0 aliphatic heterocycles. The minimum atomic E-state index is -0.251. The van der Waals surface area contributed by atoms with Crippen LogP contribution in [0.25, 0.3) is 0 Å². The van der Waals surface area contributed by atoms with Crippen LogP contribution in [-0.4, -0.2) is 17.1 Å². The van der Waals surface area contributed by atoms with Crippen LogP contribution in [0.2, 0.25) is 0 Å². The molecule has 3 N–H and O–H groups in total. The highest BCUT2D eigenvalue weighted by atomic mass is 16.5. The van der Waals surface area contributed by atoms with Crippen molar-refractivity contribution in [3.8, 4) is 5.75 Å². The van der Waals surface area contributed by atoms with E-state index in [4.69, 9.17) is 10.6 Å². The summed E-state index contributed by atoms with van der Waals surface area (Å²) in [5.41, 5.74) is 7.68. The van der Waals surface area contributed by atoms with E-state index in [-0.39, 0.29) is 6.04 Å². The molecule has 20 heavy (non-hydrogen) atoms. The van der Waals surface area contributed by atoms with E-state index in [2.05, 4.69) is 21.5 Å². The zero-order chi connectivity index (χ0) is 14.7. The lowest BCUT2D eigenvalue weighted by Crippen LogP contribution is -2.30. The SMILES string of the molecule is COc1cc(C)cc(C)c1C(NN)c1cnc(C)cn1. The van der Waals surface area contributed by atoms with Gasteiger partial charge in [0, 0.05) is 11.8 Å². The first-order chi connectivity index (χ1) is 9.56. The van der Waals surface area contributed by atoms with Gasteiger partial charge in [-0.1, -0.05) is 6.07 Å². The fourth-order valence-electron chi connectivity index (χ4n) is 2.35. The Labute approximate surface area is 119 Å². The van der Waals surface area contributed by atoms with Crippen LogP contribution in [0, 0.1) is 20.8 Å². The van der Waals surface area contributed by atoms with Gasteiger partial charge in [-0.05, 0) is 38.0 Å². The maximum atomic E-state index is 5.73. The molecule has 0 aliphatic carbocycles. The number of methoxy groups -OCH3 is 1. The molecule has 5 heteroatoms. The summed E-state index contributed by atoms with van der Waals surface area (Å²) < 4.78 is 5.49. The van der Waals surface area contributed by atoms with E-state index in [1.165, 1.54) is 0 Å². The molecule has 0 fully saturated rings. The Morgan fingerprint density at radius 1 is 1.15 bits per heavy atom. The molecule has 1 atom stereocenters. The van der Waals surface area contributed by atoms with Crippen LogP contribution in [0.5, 0.6) is 5.75 Å². The first kappa shape index (κ1) is 14.4. The second-order valence-corrected chi connectivity index (χ2v) is 4.88. The lowest BCUT2D eigenvalue weighted by molar-refractivity contribution is 0.402. The van der Waals surface area contributed by atoms with E-state index >= 15 is 0 Å². The van der Waals surface area contributed by atoms with E-state index in [9.17, 15) is 0 Å². The Kier molecular flexibility index (Phi) is 4.32. The molecule has 0 bridgehead atoms. The summed E-state index contributed by atoms with van der Waals surface area (Å²) in [7, 11) is 1.66. The molecule has 106 valence electrons. The van der Waals surface area contributed by atoms with Crippen molar-refractivity contribution in [2.24, 2.45) is 5.84 Å². The third-order valence-electron chi connectivity index (χ3n) is 3.27. The molecule has 1 aromatic carbocycles. The van der Waals surface area contributed by atoms with Gasteiger partial charge in [-0.2, -0.15) is 0 Å². The van der Waals surface area contributed by atoms with Crippen molar-refractivity contribution in [1.82, 2.24) is 15.4 Å². The van der Waals surface area contributed by atoms with Gasteiger partial charge in [-0.3, -0.25) is 15.8 Å². The number of hydrazine groups is 1. The maximum absolute atomic E-state index is 5.73. The smallest absolute Gasteiger partial charge is 0.124 e. The Bertz CT molecular complexity index is 596. The van der Waals surface area contributed by atoms with Gasteiger partial charge in [-0.15, -0.1) is 0 Å². The number of hydrogen-bond acceptors (Lipinski definition) is 5. The van der Waals surface area contributed by atoms with Crippen LogP contribution in [0.4, 0.5) is 0 Å².